The fourth-order valence-electron chi connectivity index (χ4n) is 0.920. The first-order valence-corrected chi connectivity index (χ1v) is 5.32. The monoisotopic (exact) mass is 213 g/mol. The molecule has 88 valence electrons. The van der Waals surface area contributed by atoms with Gasteiger partial charge in [0.05, 0.1) is 0 Å². The summed E-state index contributed by atoms with van der Waals surface area (Å²) in [7, 11) is 1.76. The van der Waals surface area contributed by atoms with E-state index in [0.717, 1.165) is 6.42 Å². The van der Waals surface area contributed by atoms with Gasteiger partial charge in [0.15, 0.2) is 0 Å². The first kappa shape index (κ1) is 14.0. The third-order valence-electron chi connectivity index (χ3n) is 2.04. The van der Waals surface area contributed by atoms with Gasteiger partial charge in [0.25, 0.3) is 0 Å². The van der Waals surface area contributed by atoms with Crippen LogP contribution in [0.3, 0.4) is 0 Å². The molecule has 0 aliphatic heterocycles. The maximum Gasteiger partial charge on any atom is 0.410 e. The van der Waals surface area contributed by atoms with E-state index in [4.69, 9.17) is 4.74 Å². The van der Waals surface area contributed by atoms with Gasteiger partial charge in [-0.15, -0.1) is 0 Å². The first-order valence-electron chi connectivity index (χ1n) is 5.32. The summed E-state index contributed by atoms with van der Waals surface area (Å²) in [5, 5.41) is 0. The molecule has 0 saturated carbocycles. The lowest BCUT2D eigenvalue weighted by Gasteiger charge is -2.24. The molecule has 0 N–H and O–H groups in total. The summed E-state index contributed by atoms with van der Waals surface area (Å²) in [4.78, 5) is 13.2. The molecule has 0 fully saturated rings. The highest BCUT2D eigenvalue weighted by Gasteiger charge is 2.18. The van der Waals surface area contributed by atoms with Crippen molar-refractivity contribution < 1.29 is 9.53 Å². The van der Waals surface area contributed by atoms with Crippen LogP contribution in [-0.2, 0) is 4.74 Å². The molecule has 0 atom stereocenters. The number of hydrogen-bond donors (Lipinski definition) is 0. The highest BCUT2D eigenvalue weighted by Crippen LogP contribution is 2.10. The number of rotatable bonds is 3. The minimum absolute atomic E-state index is 0.258. The van der Waals surface area contributed by atoms with Crippen molar-refractivity contribution in [2.24, 2.45) is 0 Å². The second-order valence-electron chi connectivity index (χ2n) is 4.79. The molecule has 0 aliphatic carbocycles. The number of carbonyl (C=O) groups is 1. The van der Waals surface area contributed by atoms with E-state index in [1.165, 1.54) is 5.57 Å². The Balaban J connectivity index is 4.01. The molecule has 3 heteroatoms. The van der Waals surface area contributed by atoms with Gasteiger partial charge in [-0.1, -0.05) is 11.6 Å². The molecule has 0 heterocycles. The molecule has 0 bridgehead atoms. The van der Waals surface area contributed by atoms with Crippen LogP contribution < -0.4 is 0 Å². The van der Waals surface area contributed by atoms with E-state index in [-0.39, 0.29) is 6.09 Å². The van der Waals surface area contributed by atoms with Gasteiger partial charge in [-0.25, -0.2) is 4.79 Å². The quantitative estimate of drug-likeness (QED) is 0.674. The van der Waals surface area contributed by atoms with Gasteiger partial charge in [-0.2, -0.15) is 0 Å². The van der Waals surface area contributed by atoms with E-state index < -0.39 is 5.60 Å². The summed E-state index contributed by atoms with van der Waals surface area (Å²) < 4.78 is 5.23. The standard InChI is InChI=1S/C12H23NO2/c1-7-10(2)8-9-13(6)11(14)15-12(3,4)5/h7H,8-9H2,1-6H3/b10-7+. The zero-order chi connectivity index (χ0) is 12.1. The van der Waals surface area contributed by atoms with Gasteiger partial charge in [-0.05, 0) is 41.0 Å². The highest BCUT2D eigenvalue weighted by atomic mass is 16.6. The predicted molar refractivity (Wildman–Crippen MR) is 62.9 cm³/mol. The SMILES string of the molecule is C/C=C(\C)CCN(C)C(=O)OC(C)(C)C. The van der Waals surface area contributed by atoms with Crippen molar-refractivity contribution >= 4 is 6.09 Å². The molecule has 0 aliphatic rings. The Morgan fingerprint density at radius 3 is 2.33 bits per heavy atom. The van der Waals surface area contributed by atoms with Crippen molar-refractivity contribution in [3.63, 3.8) is 0 Å². The highest BCUT2D eigenvalue weighted by molar-refractivity contribution is 5.67. The number of ether oxygens (including phenoxy) is 1. The first-order chi connectivity index (χ1) is 6.76. The van der Waals surface area contributed by atoms with Gasteiger partial charge in [-0.3, -0.25) is 0 Å². The molecule has 0 aromatic rings. The molecule has 0 aromatic carbocycles. The zero-order valence-corrected chi connectivity index (χ0v) is 10.8. The van der Waals surface area contributed by atoms with Crippen LogP contribution in [0.15, 0.2) is 11.6 Å². The number of nitrogens with zero attached hydrogens (tertiary/aromatic N) is 1. The number of hydrogen-bond acceptors (Lipinski definition) is 2. The molecule has 0 spiro atoms. The maximum absolute atomic E-state index is 11.5. The molecular formula is C12H23NO2. The maximum atomic E-state index is 11.5. The Labute approximate surface area is 93.1 Å². The summed E-state index contributed by atoms with van der Waals surface area (Å²) in [6, 6.07) is 0. The summed E-state index contributed by atoms with van der Waals surface area (Å²) in [6.07, 6.45) is 2.70. The van der Waals surface area contributed by atoms with E-state index in [0.29, 0.717) is 6.54 Å². The largest absolute Gasteiger partial charge is 0.444 e. The molecule has 0 radical (unpaired) electrons. The fraction of sp³-hybridized carbons (Fsp3) is 0.750. The van der Waals surface area contributed by atoms with Crippen LogP contribution in [0, 0.1) is 0 Å². The Bertz CT molecular complexity index is 238. The van der Waals surface area contributed by atoms with Crippen LogP contribution in [0.4, 0.5) is 4.79 Å². The van der Waals surface area contributed by atoms with Crippen LogP contribution in [0.1, 0.15) is 41.0 Å². The van der Waals surface area contributed by atoms with Crippen molar-refractivity contribution in [3.05, 3.63) is 11.6 Å². The average Bonchev–Trinajstić information content (AvgIpc) is 2.10. The van der Waals surface area contributed by atoms with E-state index in [1.54, 1.807) is 11.9 Å². The molecule has 1 amide bonds. The second-order valence-corrected chi connectivity index (χ2v) is 4.79. The van der Waals surface area contributed by atoms with Crippen molar-refractivity contribution in [3.8, 4) is 0 Å². The van der Waals surface area contributed by atoms with Gasteiger partial charge < -0.3 is 9.64 Å². The van der Waals surface area contributed by atoms with E-state index in [2.05, 4.69) is 13.0 Å². The summed E-state index contributed by atoms with van der Waals surface area (Å²) in [6.45, 7) is 10.4. The third kappa shape index (κ3) is 7.00. The third-order valence-corrected chi connectivity index (χ3v) is 2.04. The van der Waals surface area contributed by atoms with Gasteiger partial charge in [0.1, 0.15) is 5.60 Å². The molecule has 15 heavy (non-hydrogen) atoms. The lowest BCUT2D eigenvalue weighted by molar-refractivity contribution is 0.0301. The van der Waals surface area contributed by atoms with Gasteiger partial charge in [0, 0.05) is 13.6 Å². The van der Waals surface area contributed by atoms with E-state index >= 15 is 0 Å². The van der Waals surface area contributed by atoms with Crippen LogP contribution in [-0.4, -0.2) is 30.2 Å². The molecular weight excluding hydrogens is 190 g/mol. The lowest BCUT2D eigenvalue weighted by Crippen LogP contribution is -2.34. The average molecular weight is 213 g/mol. The fourth-order valence-corrected chi connectivity index (χ4v) is 0.920. The van der Waals surface area contributed by atoms with Gasteiger partial charge >= 0.3 is 6.09 Å². The molecule has 0 rings (SSSR count). The Hall–Kier alpha value is -0.990. The number of allylic oxidation sites excluding steroid dienone is 1. The van der Waals surface area contributed by atoms with Crippen molar-refractivity contribution in [2.75, 3.05) is 13.6 Å². The Kier molecular flexibility index (Phi) is 5.40. The topological polar surface area (TPSA) is 29.5 Å². The minimum Gasteiger partial charge on any atom is -0.444 e. The van der Waals surface area contributed by atoms with Crippen molar-refractivity contribution in [1.82, 2.24) is 4.90 Å². The van der Waals surface area contributed by atoms with Crippen LogP contribution >= 0.6 is 0 Å². The van der Waals surface area contributed by atoms with Crippen LogP contribution in [0.2, 0.25) is 0 Å². The minimum atomic E-state index is -0.416. The molecule has 0 aromatic heterocycles. The molecule has 0 saturated heterocycles. The Morgan fingerprint density at radius 2 is 1.93 bits per heavy atom. The Morgan fingerprint density at radius 1 is 1.40 bits per heavy atom. The normalized spacial score (nSPS) is 12.5. The predicted octanol–water partition coefficient (Wildman–Crippen LogP) is 3.21. The van der Waals surface area contributed by atoms with Gasteiger partial charge in [0.2, 0.25) is 0 Å². The van der Waals surface area contributed by atoms with Crippen molar-refractivity contribution in [1.29, 1.82) is 0 Å². The number of carbonyl (C=O) groups excluding carboxylic acids is 1. The molecule has 0 unspecified atom stereocenters. The summed E-state index contributed by atoms with van der Waals surface area (Å²) >= 11 is 0. The second kappa shape index (κ2) is 5.79. The summed E-state index contributed by atoms with van der Waals surface area (Å²) in [5.74, 6) is 0. The van der Waals surface area contributed by atoms with E-state index in [9.17, 15) is 4.79 Å². The van der Waals surface area contributed by atoms with Crippen LogP contribution in [0.25, 0.3) is 0 Å². The van der Waals surface area contributed by atoms with Crippen molar-refractivity contribution in [2.45, 2.75) is 46.6 Å². The lowest BCUT2D eigenvalue weighted by atomic mass is 10.2. The van der Waals surface area contributed by atoms with E-state index in [1.807, 2.05) is 27.7 Å². The molecule has 3 nitrogen and oxygen atoms in total. The number of amides is 1. The van der Waals surface area contributed by atoms with Crippen LogP contribution in [0.5, 0.6) is 0 Å². The summed E-state index contributed by atoms with van der Waals surface area (Å²) in [5.41, 5.74) is 0.867. The zero-order valence-electron chi connectivity index (χ0n) is 10.8. The smallest absolute Gasteiger partial charge is 0.410 e.